The quantitative estimate of drug-likeness (QED) is 0.706. The van der Waals surface area contributed by atoms with E-state index < -0.39 is 0 Å². The Hall–Kier alpha value is -0.0400. The van der Waals surface area contributed by atoms with Crippen LogP contribution in [0.4, 0.5) is 0 Å². The molecule has 0 spiro atoms. The van der Waals surface area contributed by atoms with Crippen molar-refractivity contribution in [3.63, 3.8) is 0 Å². The maximum absolute atomic E-state index is 3.71. The van der Waals surface area contributed by atoms with E-state index in [1.165, 1.54) is 51.6 Å². The molecule has 0 radical (unpaired) electrons. The van der Waals surface area contributed by atoms with Crippen molar-refractivity contribution in [1.29, 1.82) is 0 Å². The molecule has 0 bridgehead atoms. The summed E-state index contributed by atoms with van der Waals surface area (Å²) in [6.07, 6.45) is 8.83. The smallest absolute Gasteiger partial charge is 0.000989 e. The molecule has 1 N–H and O–H groups in total. The average molecular weight is 237 g/mol. The first kappa shape index (κ1) is 13.4. The largest absolute Gasteiger partial charge is 0.316 e. The zero-order chi connectivity index (χ0) is 12.5. The summed E-state index contributed by atoms with van der Waals surface area (Å²) in [5.41, 5.74) is 1.09. The standard InChI is InChI=1S/C16H31N/c1-15(2)14(16(15,3)4)12-17-11-10-13-8-6-5-7-9-13/h13-14,17H,5-12H2,1-4H3. The first-order valence-corrected chi connectivity index (χ1v) is 7.67. The summed E-state index contributed by atoms with van der Waals surface area (Å²) < 4.78 is 0. The van der Waals surface area contributed by atoms with Crippen LogP contribution in [-0.4, -0.2) is 13.1 Å². The molecular formula is C16H31N. The van der Waals surface area contributed by atoms with Crippen LogP contribution in [0.2, 0.25) is 0 Å². The first-order chi connectivity index (χ1) is 7.96. The number of nitrogens with one attached hydrogen (secondary N) is 1. The predicted octanol–water partition coefficient (Wildman–Crippen LogP) is 4.23. The van der Waals surface area contributed by atoms with E-state index >= 15 is 0 Å². The maximum Gasteiger partial charge on any atom is -0.000989 e. The summed E-state index contributed by atoms with van der Waals surface area (Å²) in [5, 5.41) is 3.71. The van der Waals surface area contributed by atoms with Crippen LogP contribution in [-0.2, 0) is 0 Å². The molecule has 2 aliphatic rings. The number of hydrogen-bond donors (Lipinski definition) is 1. The first-order valence-electron chi connectivity index (χ1n) is 7.67. The van der Waals surface area contributed by atoms with Gasteiger partial charge in [-0.25, -0.2) is 0 Å². The Kier molecular flexibility index (Phi) is 3.87. The molecule has 0 unspecified atom stereocenters. The fraction of sp³-hybridized carbons (Fsp3) is 1.00. The van der Waals surface area contributed by atoms with Crippen molar-refractivity contribution in [2.45, 2.75) is 66.2 Å². The van der Waals surface area contributed by atoms with Crippen LogP contribution < -0.4 is 5.32 Å². The highest BCUT2D eigenvalue weighted by molar-refractivity contribution is 5.12. The molecule has 2 fully saturated rings. The van der Waals surface area contributed by atoms with Gasteiger partial charge < -0.3 is 5.32 Å². The lowest BCUT2D eigenvalue weighted by Crippen LogP contribution is -2.23. The summed E-state index contributed by atoms with van der Waals surface area (Å²) in [5.74, 6) is 1.90. The van der Waals surface area contributed by atoms with Crippen molar-refractivity contribution in [2.75, 3.05) is 13.1 Å². The lowest BCUT2D eigenvalue weighted by atomic mass is 9.87. The predicted molar refractivity (Wildman–Crippen MR) is 75.1 cm³/mol. The summed E-state index contributed by atoms with van der Waals surface area (Å²) in [6, 6.07) is 0. The molecule has 0 aromatic rings. The second-order valence-corrected chi connectivity index (χ2v) is 7.49. The minimum absolute atomic E-state index is 0.546. The van der Waals surface area contributed by atoms with Crippen molar-refractivity contribution in [1.82, 2.24) is 5.32 Å². The Morgan fingerprint density at radius 2 is 1.53 bits per heavy atom. The van der Waals surface area contributed by atoms with Gasteiger partial charge in [-0.1, -0.05) is 59.8 Å². The molecule has 1 nitrogen and oxygen atoms in total. The number of hydrogen-bond acceptors (Lipinski definition) is 1. The monoisotopic (exact) mass is 237 g/mol. The van der Waals surface area contributed by atoms with E-state index in [1.54, 1.807) is 0 Å². The molecule has 1 heteroatoms. The summed E-state index contributed by atoms with van der Waals surface area (Å²) in [7, 11) is 0. The van der Waals surface area contributed by atoms with Crippen molar-refractivity contribution in [2.24, 2.45) is 22.7 Å². The molecule has 17 heavy (non-hydrogen) atoms. The Morgan fingerprint density at radius 1 is 0.941 bits per heavy atom. The van der Waals surface area contributed by atoms with Crippen LogP contribution >= 0.6 is 0 Å². The molecule has 2 rings (SSSR count). The van der Waals surface area contributed by atoms with Crippen LogP contribution in [0.25, 0.3) is 0 Å². The van der Waals surface area contributed by atoms with Crippen LogP contribution in [0.1, 0.15) is 66.2 Å². The van der Waals surface area contributed by atoms with Gasteiger partial charge in [0.15, 0.2) is 0 Å². The van der Waals surface area contributed by atoms with Gasteiger partial charge in [0.2, 0.25) is 0 Å². The normalized spacial score (nSPS) is 28.2. The highest BCUT2D eigenvalue weighted by Crippen LogP contribution is 2.67. The Morgan fingerprint density at radius 3 is 2.06 bits per heavy atom. The molecule has 0 atom stereocenters. The third kappa shape index (κ3) is 2.70. The van der Waals surface area contributed by atoms with Gasteiger partial charge >= 0.3 is 0 Å². The van der Waals surface area contributed by atoms with E-state index in [0.29, 0.717) is 10.8 Å². The molecule has 100 valence electrons. The third-order valence-electron chi connectivity index (χ3n) is 6.12. The lowest BCUT2D eigenvalue weighted by Gasteiger charge is -2.21. The van der Waals surface area contributed by atoms with Crippen LogP contribution in [0.3, 0.4) is 0 Å². The second kappa shape index (κ2) is 4.91. The van der Waals surface area contributed by atoms with Gasteiger partial charge in [0.05, 0.1) is 0 Å². The minimum atomic E-state index is 0.546. The fourth-order valence-corrected chi connectivity index (χ4v) is 3.87. The number of rotatable bonds is 5. The van der Waals surface area contributed by atoms with Gasteiger partial charge in [-0.3, -0.25) is 0 Å². The molecule has 0 heterocycles. The SMILES string of the molecule is CC1(C)C(CNCCC2CCCCC2)C1(C)C. The topological polar surface area (TPSA) is 12.0 Å². The van der Waals surface area contributed by atoms with Crippen molar-refractivity contribution >= 4 is 0 Å². The van der Waals surface area contributed by atoms with Gasteiger partial charge in [-0.2, -0.15) is 0 Å². The highest BCUT2D eigenvalue weighted by Gasteiger charge is 2.63. The zero-order valence-electron chi connectivity index (χ0n) is 12.3. The second-order valence-electron chi connectivity index (χ2n) is 7.49. The summed E-state index contributed by atoms with van der Waals surface area (Å²) in [4.78, 5) is 0. The van der Waals surface area contributed by atoms with E-state index in [2.05, 4.69) is 33.0 Å². The highest BCUT2D eigenvalue weighted by atomic mass is 14.9. The van der Waals surface area contributed by atoms with Gasteiger partial charge in [-0.15, -0.1) is 0 Å². The molecule has 0 saturated heterocycles. The maximum atomic E-state index is 3.71. The van der Waals surface area contributed by atoms with Crippen molar-refractivity contribution in [3.8, 4) is 0 Å². The van der Waals surface area contributed by atoms with E-state index in [4.69, 9.17) is 0 Å². The molecule has 0 amide bonds. The molecule has 2 aliphatic carbocycles. The fourth-order valence-electron chi connectivity index (χ4n) is 3.87. The third-order valence-corrected chi connectivity index (χ3v) is 6.12. The van der Waals surface area contributed by atoms with Gasteiger partial charge in [0.25, 0.3) is 0 Å². The Balaban J connectivity index is 1.58. The average Bonchev–Trinajstić information content (AvgIpc) is 2.67. The van der Waals surface area contributed by atoms with Gasteiger partial charge in [0.1, 0.15) is 0 Å². The van der Waals surface area contributed by atoms with E-state index in [0.717, 1.165) is 11.8 Å². The molecule has 0 aromatic carbocycles. The molecular weight excluding hydrogens is 206 g/mol. The van der Waals surface area contributed by atoms with Gasteiger partial charge in [-0.05, 0) is 42.2 Å². The molecule has 2 saturated carbocycles. The molecule has 0 aromatic heterocycles. The zero-order valence-corrected chi connectivity index (χ0v) is 12.3. The van der Waals surface area contributed by atoms with E-state index in [1.807, 2.05) is 0 Å². The van der Waals surface area contributed by atoms with Gasteiger partial charge in [0, 0.05) is 0 Å². The van der Waals surface area contributed by atoms with Crippen LogP contribution in [0, 0.1) is 22.7 Å². The van der Waals surface area contributed by atoms with E-state index in [9.17, 15) is 0 Å². The Bertz CT molecular complexity index is 234. The van der Waals surface area contributed by atoms with Crippen molar-refractivity contribution < 1.29 is 0 Å². The minimum Gasteiger partial charge on any atom is -0.316 e. The summed E-state index contributed by atoms with van der Waals surface area (Å²) in [6.45, 7) is 12.1. The Labute approximate surface area is 108 Å². The molecule has 0 aliphatic heterocycles. The van der Waals surface area contributed by atoms with Crippen LogP contribution in [0.5, 0.6) is 0 Å². The summed E-state index contributed by atoms with van der Waals surface area (Å²) >= 11 is 0. The van der Waals surface area contributed by atoms with Crippen LogP contribution in [0.15, 0.2) is 0 Å². The van der Waals surface area contributed by atoms with Crippen molar-refractivity contribution in [3.05, 3.63) is 0 Å². The van der Waals surface area contributed by atoms with E-state index in [-0.39, 0.29) is 0 Å². The lowest BCUT2D eigenvalue weighted by molar-refractivity contribution is 0.332.